The fourth-order valence-electron chi connectivity index (χ4n) is 3.73. The van der Waals surface area contributed by atoms with Gasteiger partial charge in [0.25, 0.3) is 0 Å². The topological polar surface area (TPSA) is 90.0 Å². The lowest BCUT2D eigenvalue weighted by molar-refractivity contribution is 0.388. The van der Waals surface area contributed by atoms with Crippen LogP contribution in [0, 0.1) is 0 Å². The van der Waals surface area contributed by atoms with Crippen LogP contribution in [0.5, 0.6) is 11.5 Å². The predicted octanol–water partition coefficient (Wildman–Crippen LogP) is 2.85. The van der Waals surface area contributed by atoms with E-state index in [0.717, 1.165) is 30.9 Å². The van der Waals surface area contributed by atoms with Crippen LogP contribution in [0.3, 0.4) is 0 Å². The van der Waals surface area contributed by atoms with Crippen molar-refractivity contribution in [2.75, 3.05) is 38.2 Å². The van der Waals surface area contributed by atoms with Crippen molar-refractivity contribution < 1.29 is 26.3 Å². The van der Waals surface area contributed by atoms with Gasteiger partial charge >= 0.3 is 0 Å². The summed E-state index contributed by atoms with van der Waals surface area (Å²) in [5.41, 5.74) is 1.43. The first-order valence-corrected chi connectivity index (χ1v) is 12.9. The van der Waals surface area contributed by atoms with Crippen molar-refractivity contribution in [1.82, 2.24) is 0 Å². The number of rotatable bonds is 6. The summed E-state index contributed by atoms with van der Waals surface area (Å²) in [5.74, 6) is 1.33. The van der Waals surface area contributed by atoms with E-state index >= 15 is 0 Å². The van der Waals surface area contributed by atoms with E-state index in [1.165, 1.54) is 12.1 Å². The van der Waals surface area contributed by atoms with Gasteiger partial charge in [0.2, 0.25) is 0 Å². The molecule has 0 saturated carbocycles. The van der Waals surface area contributed by atoms with Gasteiger partial charge in [-0.2, -0.15) is 0 Å². The first-order valence-electron chi connectivity index (χ1n) is 9.09. The van der Waals surface area contributed by atoms with Crippen LogP contribution in [0.2, 0.25) is 0 Å². The van der Waals surface area contributed by atoms with Gasteiger partial charge in [-0.25, -0.2) is 16.8 Å². The lowest BCUT2D eigenvalue weighted by Gasteiger charge is -2.30. The third-order valence-electron chi connectivity index (χ3n) is 5.12. The second-order valence-corrected chi connectivity index (χ2v) is 11.1. The highest BCUT2D eigenvalue weighted by molar-refractivity contribution is 7.91. The van der Waals surface area contributed by atoms with Gasteiger partial charge in [-0.05, 0) is 43.2 Å². The number of benzene rings is 2. The van der Waals surface area contributed by atoms with Gasteiger partial charge in [-0.3, -0.25) is 0 Å². The van der Waals surface area contributed by atoms with Gasteiger partial charge in [0.15, 0.2) is 19.7 Å². The highest BCUT2D eigenvalue weighted by Gasteiger charge is 2.32. The Hall–Kier alpha value is -2.26. The summed E-state index contributed by atoms with van der Waals surface area (Å²) >= 11 is 0. The minimum Gasteiger partial charge on any atom is -0.497 e. The third-order valence-corrected chi connectivity index (χ3v) is 7.36. The molecule has 0 aliphatic carbocycles. The maximum Gasteiger partial charge on any atom is 0.177 e. The molecule has 2 aromatic rings. The van der Waals surface area contributed by atoms with Crippen molar-refractivity contribution in [2.45, 2.75) is 28.7 Å². The van der Waals surface area contributed by atoms with Crippen LogP contribution < -0.4 is 14.4 Å². The van der Waals surface area contributed by atoms with Gasteiger partial charge in [-0.1, -0.05) is 0 Å². The monoisotopic (exact) mass is 439 g/mol. The molecule has 1 aliphatic heterocycles. The standard InChI is InChI=1S/C20H25NO6S2/c1-26-14-7-9-16(19(12-14)27-2)17-6-5-11-21(17)18-10-8-15(28(3,22)23)13-20(18)29(4,24)25/h7-10,12-13,17H,5-6,11H2,1-4H3/t17-/m1/s1. The zero-order valence-electron chi connectivity index (χ0n) is 16.9. The van der Waals surface area contributed by atoms with Gasteiger partial charge < -0.3 is 14.4 Å². The van der Waals surface area contributed by atoms with Gasteiger partial charge in [-0.15, -0.1) is 0 Å². The lowest BCUT2D eigenvalue weighted by Crippen LogP contribution is -2.25. The Morgan fingerprint density at radius 3 is 2.24 bits per heavy atom. The third kappa shape index (κ3) is 4.35. The van der Waals surface area contributed by atoms with Gasteiger partial charge in [0.1, 0.15) is 11.5 Å². The molecule has 0 amide bonds. The maximum atomic E-state index is 12.5. The quantitative estimate of drug-likeness (QED) is 0.684. The maximum absolute atomic E-state index is 12.5. The Balaban J connectivity index is 2.13. The van der Waals surface area contributed by atoms with Gasteiger partial charge in [0, 0.05) is 30.7 Å². The Bertz CT molecular complexity index is 1130. The van der Waals surface area contributed by atoms with Crippen molar-refractivity contribution in [3.8, 4) is 11.5 Å². The molecule has 1 aliphatic rings. The number of nitrogens with zero attached hydrogens (tertiary/aromatic N) is 1. The minimum atomic E-state index is -3.64. The molecule has 0 radical (unpaired) electrons. The average Bonchev–Trinajstić information content (AvgIpc) is 3.14. The van der Waals surface area contributed by atoms with Crippen molar-refractivity contribution in [2.24, 2.45) is 0 Å². The molecule has 0 N–H and O–H groups in total. The summed E-state index contributed by atoms with van der Waals surface area (Å²) in [7, 11) is -4.00. The Morgan fingerprint density at radius 1 is 0.931 bits per heavy atom. The number of sulfone groups is 2. The highest BCUT2D eigenvalue weighted by atomic mass is 32.2. The molecule has 7 nitrogen and oxygen atoms in total. The molecule has 1 fully saturated rings. The molecule has 158 valence electrons. The number of ether oxygens (including phenoxy) is 2. The molecule has 0 bridgehead atoms. The number of methoxy groups -OCH3 is 2. The van der Waals surface area contributed by atoms with E-state index in [1.54, 1.807) is 26.4 Å². The molecule has 0 aromatic heterocycles. The predicted molar refractivity (Wildman–Crippen MR) is 112 cm³/mol. The minimum absolute atomic E-state index is 0.0137. The highest BCUT2D eigenvalue weighted by Crippen LogP contribution is 2.43. The van der Waals surface area contributed by atoms with E-state index in [2.05, 4.69) is 0 Å². The van der Waals surface area contributed by atoms with Crippen molar-refractivity contribution in [1.29, 1.82) is 0 Å². The summed E-state index contributed by atoms with van der Waals surface area (Å²) in [6, 6.07) is 9.77. The number of anilines is 1. The summed E-state index contributed by atoms with van der Waals surface area (Å²) in [6.45, 7) is 0.653. The second-order valence-electron chi connectivity index (χ2n) is 7.13. The van der Waals surface area contributed by atoms with Crippen LogP contribution >= 0.6 is 0 Å². The van der Waals surface area contributed by atoms with Crippen molar-refractivity contribution >= 4 is 25.4 Å². The van der Waals surface area contributed by atoms with Crippen LogP contribution in [-0.2, 0) is 19.7 Å². The Morgan fingerprint density at radius 2 is 1.66 bits per heavy atom. The van der Waals surface area contributed by atoms with E-state index in [9.17, 15) is 16.8 Å². The van der Waals surface area contributed by atoms with E-state index < -0.39 is 19.7 Å². The first kappa shape index (κ1) is 21.4. The number of hydrogen-bond donors (Lipinski definition) is 0. The summed E-state index contributed by atoms with van der Waals surface area (Å²) in [5, 5.41) is 0. The Labute approximate surface area is 172 Å². The molecular formula is C20H25NO6S2. The average molecular weight is 440 g/mol. The summed E-state index contributed by atoms with van der Waals surface area (Å²) in [6.07, 6.45) is 3.85. The molecular weight excluding hydrogens is 414 g/mol. The zero-order valence-corrected chi connectivity index (χ0v) is 18.5. The Kier molecular flexibility index (Phi) is 5.82. The second kappa shape index (κ2) is 7.87. The molecule has 1 heterocycles. The van der Waals surface area contributed by atoms with Crippen molar-refractivity contribution in [3.05, 3.63) is 42.0 Å². The molecule has 9 heteroatoms. The smallest absolute Gasteiger partial charge is 0.177 e. The van der Waals surface area contributed by atoms with Crippen LogP contribution in [-0.4, -0.2) is 50.1 Å². The van der Waals surface area contributed by atoms with Gasteiger partial charge in [0.05, 0.1) is 35.7 Å². The van der Waals surface area contributed by atoms with E-state index in [4.69, 9.17) is 9.47 Å². The fraction of sp³-hybridized carbons (Fsp3) is 0.400. The van der Waals surface area contributed by atoms with E-state index in [0.29, 0.717) is 23.7 Å². The molecule has 29 heavy (non-hydrogen) atoms. The van der Waals surface area contributed by atoms with Crippen LogP contribution in [0.15, 0.2) is 46.2 Å². The molecule has 3 rings (SSSR count). The molecule has 0 unspecified atom stereocenters. The molecule has 1 saturated heterocycles. The first-order chi connectivity index (χ1) is 13.6. The normalized spacial score (nSPS) is 17.4. The number of hydrogen-bond acceptors (Lipinski definition) is 7. The van der Waals surface area contributed by atoms with Crippen LogP contribution in [0.1, 0.15) is 24.4 Å². The zero-order chi connectivity index (χ0) is 21.4. The van der Waals surface area contributed by atoms with Crippen molar-refractivity contribution in [3.63, 3.8) is 0 Å². The fourth-order valence-corrected chi connectivity index (χ4v) is 5.36. The molecule has 0 spiro atoms. The SMILES string of the molecule is COc1ccc([C@H]2CCCN2c2ccc(S(C)(=O)=O)cc2S(C)(=O)=O)c(OC)c1. The van der Waals surface area contributed by atoms with Crippen LogP contribution in [0.4, 0.5) is 5.69 Å². The van der Waals surface area contributed by atoms with E-state index in [1.807, 2.05) is 17.0 Å². The molecule has 2 aromatic carbocycles. The summed E-state index contributed by atoms with van der Waals surface area (Å²) < 4.78 is 59.6. The van der Waals surface area contributed by atoms with E-state index in [-0.39, 0.29) is 15.8 Å². The summed E-state index contributed by atoms with van der Waals surface area (Å²) in [4.78, 5) is 2.01. The lowest BCUT2D eigenvalue weighted by atomic mass is 10.0. The van der Waals surface area contributed by atoms with Crippen LogP contribution in [0.25, 0.3) is 0 Å². The largest absolute Gasteiger partial charge is 0.497 e. The molecule has 1 atom stereocenters.